The molecule has 3 heterocycles. The van der Waals surface area contributed by atoms with E-state index in [1.165, 1.54) is 29.7 Å². The molecule has 0 radical (unpaired) electrons. The van der Waals surface area contributed by atoms with Gasteiger partial charge in [0.25, 0.3) is 5.91 Å². The van der Waals surface area contributed by atoms with E-state index in [0.717, 1.165) is 40.4 Å². The van der Waals surface area contributed by atoms with Crippen LogP contribution in [-0.4, -0.2) is 28.8 Å². The maximum Gasteiger partial charge on any atom is 0.265 e. The number of benzene rings is 2. The number of rotatable bonds is 4. The Bertz CT molecular complexity index is 1170. The molecule has 5 nitrogen and oxygen atoms in total. The highest BCUT2D eigenvalue weighted by atomic mass is 32.1. The van der Waals surface area contributed by atoms with Crippen LogP contribution >= 0.6 is 11.3 Å². The van der Waals surface area contributed by atoms with Gasteiger partial charge in [-0.25, -0.2) is 4.68 Å². The summed E-state index contributed by atoms with van der Waals surface area (Å²) in [5.41, 5.74) is 4.11. The van der Waals surface area contributed by atoms with E-state index in [0.29, 0.717) is 10.8 Å². The minimum Gasteiger partial charge on any atom is -0.321 e. The molecule has 1 aliphatic rings. The number of amides is 1. The second-order valence-electron chi connectivity index (χ2n) is 7.76. The standard InChI is InChI=1S/C24H24N4OS/c1-16-21-15-22(30-24(21)28(27-16)20-5-3-2-4-6-20)23(29)26-19-9-7-17(8-10-19)18-11-13-25-14-12-18/h2-10,15,18,25H,11-14H2,1H3,(H,26,29). The molecule has 1 aliphatic heterocycles. The van der Waals surface area contributed by atoms with E-state index < -0.39 is 0 Å². The molecular weight excluding hydrogens is 392 g/mol. The van der Waals surface area contributed by atoms with E-state index in [1.54, 1.807) is 0 Å². The predicted molar refractivity (Wildman–Crippen MR) is 123 cm³/mol. The maximum absolute atomic E-state index is 12.9. The number of fused-ring (bicyclic) bond motifs is 1. The average molecular weight is 417 g/mol. The van der Waals surface area contributed by atoms with Crippen LogP contribution in [0.25, 0.3) is 15.9 Å². The van der Waals surface area contributed by atoms with Crippen molar-refractivity contribution in [2.75, 3.05) is 18.4 Å². The van der Waals surface area contributed by atoms with E-state index >= 15 is 0 Å². The summed E-state index contributed by atoms with van der Waals surface area (Å²) in [7, 11) is 0. The molecule has 0 aliphatic carbocycles. The number of carbonyl (C=O) groups is 1. The normalized spacial score (nSPS) is 14.8. The molecular formula is C24H24N4OS. The molecule has 1 fully saturated rings. The number of piperidine rings is 1. The number of hydrogen-bond acceptors (Lipinski definition) is 4. The lowest BCUT2D eigenvalue weighted by molar-refractivity contribution is 0.103. The zero-order chi connectivity index (χ0) is 20.5. The summed E-state index contributed by atoms with van der Waals surface area (Å²) in [5, 5.41) is 12.1. The van der Waals surface area contributed by atoms with Gasteiger partial charge in [-0.05, 0) is 74.7 Å². The van der Waals surface area contributed by atoms with Gasteiger partial charge in [0, 0.05) is 11.1 Å². The van der Waals surface area contributed by atoms with Crippen molar-refractivity contribution in [3.05, 3.63) is 76.8 Å². The predicted octanol–water partition coefficient (Wildman–Crippen LogP) is 5.11. The van der Waals surface area contributed by atoms with Crippen LogP contribution in [-0.2, 0) is 0 Å². The summed E-state index contributed by atoms with van der Waals surface area (Å²) in [6, 6.07) is 20.3. The van der Waals surface area contributed by atoms with E-state index in [2.05, 4.69) is 27.9 Å². The van der Waals surface area contributed by atoms with Crippen LogP contribution in [0.2, 0.25) is 0 Å². The summed E-state index contributed by atoms with van der Waals surface area (Å²) in [5.74, 6) is 0.535. The maximum atomic E-state index is 12.9. The van der Waals surface area contributed by atoms with Crippen LogP contribution in [0, 0.1) is 6.92 Å². The molecule has 2 N–H and O–H groups in total. The van der Waals surface area contributed by atoms with Gasteiger partial charge in [-0.2, -0.15) is 5.10 Å². The van der Waals surface area contributed by atoms with Crippen molar-refractivity contribution in [2.24, 2.45) is 0 Å². The van der Waals surface area contributed by atoms with E-state index in [4.69, 9.17) is 0 Å². The van der Waals surface area contributed by atoms with Crippen molar-refractivity contribution in [1.82, 2.24) is 15.1 Å². The summed E-state index contributed by atoms with van der Waals surface area (Å²) >= 11 is 1.47. The minimum absolute atomic E-state index is 0.0789. The molecule has 30 heavy (non-hydrogen) atoms. The van der Waals surface area contributed by atoms with Gasteiger partial charge < -0.3 is 10.6 Å². The van der Waals surface area contributed by atoms with Gasteiger partial charge in [0.1, 0.15) is 4.83 Å². The minimum atomic E-state index is -0.0789. The molecule has 2 aromatic heterocycles. The number of nitrogens with zero attached hydrogens (tertiary/aromatic N) is 2. The summed E-state index contributed by atoms with van der Waals surface area (Å²) in [6.07, 6.45) is 2.34. The van der Waals surface area contributed by atoms with Gasteiger partial charge >= 0.3 is 0 Å². The van der Waals surface area contributed by atoms with Gasteiger partial charge in [-0.15, -0.1) is 11.3 Å². The second-order valence-corrected chi connectivity index (χ2v) is 8.79. The number of anilines is 1. The first kappa shape index (κ1) is 19.0. The Labute approximate surface area is 179 Å². The zero-order valence-electron chi connectivity index (χ0n) is 16.9. The molecule has 5 rings (SSSR count). The number of para-hydroxylation sites is 1. The molecule has 4 aromatic rings. The Balaban J connectivity index is 1.36. The fourth-order valence-electron chi connectivity index (χ4n) is 4.09. The van der Waals surface area contributed by atoms with Crippen molar-refractivity contribution in [3.8, 4) is 5.69 Å². The fourth-order valence-corrected chi connectivity index (χ4v) is 5.17. The first-order chi connectivity index (χ1) is 14.7. The Morgan fingerprint density at radius 3 is 2.57 bits per heavy atom. The lowest BCUT2D eigenvalue weighted by Gasteiger charge is -2.23. The van der Waals surface area contributed by atoms with Gasteiger partial charge in [-0.3, -0.25) is 4.79 Å². The molecule has 0 unspecified atom stereocenters. The second kappa shape index (κ2) is 8.05. The van der Waals surface area contributed by atoms with Crippen molar-refractivity contribution >= 4 is 33.1 Å². The summed E-state index contributed by atoms with van der Waals surface area (Å²) in [4.78, 5) is 14.6. The van der Waals surface area contributed by atoms with E-state index in [9.17, 15) is 4.79 Å². The number of nitrogens with one attached hydrogen (secondary N) is 2. The zero-order valence-corrected chi connectivity index (χ0v) is 17.7. The molecule has 1 saturated heterocycles. The van der Waals surface area contributed by atoms with Crippen molar-refractivity contribution in [3.63, 3.8) is 0 Å². The van der Waals surface area contributed by atoms with Gasteiger partial charge in [0.05, 0.1) is 16.3 Å². The topological polar surface area (TPSA) is 59.0 Å². The molecule has 0 saturated carbocycles. The summed E-state index contributed by atoms with van der Waals surface area (Å²) < 4.78 is 1.92. The first-order valence-corrected chi connectivity index (χ1v) is 11.2. The SMILES string of the molecule is Cc1nn(-c2ccccc2)c2sc(C(=O)Nc3ccc(C4CCNCC4)cc3)cc12. The van der Waals surface area contributed by atoms with Gasteiger partial charge in [0.2, 0.25) is 0 Å². The Morgan fingerprint density at radius 2 is 1.83 bits per heavy atom. The monoisotopic (exact) mass is 416 g/mol. The molecule has 2 aromatic carbocycles. The lowest BCUT2D eigenvalue weighted by atomic mass is 9.90. The molecule has 0 atom stereocenters. The van der Waals surface area contributed by atoms with Gasteiger partial charge in [-0.1, -0.05) is 30.3 Å². The van der Waals surface area contributed by atoms with Crippen molar-refractivity contribution in [1.29, 1.82) is 0 Å². The number of hydrogen-bond donors (Lipinski definition) is 2. The average Bonchev–Trinajstić information content (AvgIpc) is 3.36. The Hall–Kier alpha value is -2.96. The van der Waals surface area contributed by atoms with Crippen LogP contribution < -0.4 is 10.6 Å². The Morgan fingerprint density at radius 1 is 1.10 bits per heavy atom. The fraction of sp³-hybridized carbons (Fsp3) is 0.250. The van der Waals surface area contributed by atoms with E-state index in [1.807, 2.05) is 60.1 Å². The lowest BCUT2D eigenvalue weighted by Crippen LogP contribution is -2.26. The van der Waals surface area contributed by atoms with Crippen LogP contribution in [0.5, 0.6) is 0 Å². The molecule has 0 bridgehead atoms. The van der Waals surface area contributed by atoms with E-state index in [-0.39, 0.29) is 5.91 Å². The van der Waals surface area contributed by atoms with Crippen LogP contribution in [0.15, 0.2) is 60.7 Å². The van der Waals surface area contributed by atoms with Crippen LogP contribution in [0.1, 0.15) is 39.7 Å². The van der Waals surface area contributed by atoms with Crippen LogP contribution in [0.4, 0.5) is 5.69 Å². The molecule has 6 heteroatoms. The van der Waals surface area contributed by atoms with Crippen molar-refractivity contribution in [2.45, 2.75) is 25.7 Å². The van der Waals surface area contributed by atoms with Crippen LogP contribution in [0.3, 0.4) is 0 Å². The summed E-state index contributed by atoms with van der Waals surface area (Å²) in [6.45, 7) is 4.14. The molecule has 1 amide bonds. The number of aryl methyl sites for hydroxylation is 1. The smallest absolute Gasteiger partial charge is 0.265 e. The third-order valence-electron chi connectivity index (χ3n) is 5.75. The van der Waals surface area contributed by atoms with Gasteiger partial charge in [0.15, 0.2) is 0 Å². The largest absolute Gasteiger partial charge is 0.321 e. The Kier molecular flexibility index (Phi) is 5.11. The number of thiophene rings is 1. The quantitative estimate of drug-likeness (QED) is 0.486. The van der Waals surface area contributed by atoms with Crippen molar-refractivity contribution < 1.29 is 4.79 Å². The molecule has 152 valence electrons. The number of aromatic nitrogens is 2. The highest BCUT2D eigenvalue weighted by Gasteiger charge is 2.18. The highest BCUT2D eigenvalue weighted by Crippen LogP contribution is 2.31. The third kappa shape index (κ3) is 3.64. The third-order valence-corrected chi connectivity index (χ3v) is 6.86. The molecule has 0 spiro atoms. The number of carbonyl (C=O) groups excluding carboxylic acids is 1. The highest BCUT2D eigenvalue weighted by molar-refractivity contribution is 7.20. The first-order valence-electron chi connectivity index (χ1n) is 10.4.